The lowest BCUT2D eigenvalue weighted by atomic mass is 9.95. The lowest BCUT2D eigenvalue weighted by Gasteiger charge is -2.31. The van der Waals surface area contributed by atoms with E-state index in [9.17, 15) is 14.4 Å². The predicted octanol–water partition coefficient (Wildman–Crippen LogP) is 1.74. The number of aromatic nitrogens is 3. The minimum absolute atomic E-state index is 0.101. The number of anilines is 1. The average Bonchev–Trinajstić information content (AvgIpc) is 3.58. The number of likely N-dealkylation sites (tertiary alicyclic amines) is 1. The molecule has 0 bridgehead atoms. The van der Waals surface area contributed by atoms with Crippen molar-refractivity contribution in [1.82, 2.24) is 19.2 Å². The van der Waals surface area contributed by atoms with Crippen molar-refractivity contribution in [2.45, 2.75) is 45.1 Å². The second-order valence-corrected chi connectivity index (χ2v) is 8.21. The summed E-state index contributed by atoms with van der Waals surface area (Å²) in [6.45, 7) is 3.57. The number of ether oxygens (including phenoxy) is 1. The minimum atomic E-state index is -0.344. The Morgan fingerprint density at radius 1 is 1.16 bits per heavy atom. The van der Waals surface area contributed by atoms with Gasteiger partial charge >= 0.3 is 5.69 Å². The Morgan fingerprint density at radius 3 is 2.55 bits per heavy atom. The van der Waals surface area contributed by atoms with Gasteiger partial charge in [0.25, 0.3) is 0 Å². The SMILES string of the molecule is CCOc1ccccc1NC(=O)Cn1nc(C2CCN(C(=O)C3CC3)CC2)n(C)c1=O. The van der Waals surface area contributed by atoms with Gasteiger partial charge < -0.3 is 15.0 Å². The van der Waals surface area contributed by atoms with E-state index >= 15 is 0 Å². The van der Waals surface area contributed by atoms with Crippen LogP contribution in [-0.2, 0) is 23.2 Å². The molecule has 0 unspecified atom stereocenters. The fourth-order valence-electron chi connectivity index (χ4n) is 4.09. The molecule has 2 aliphatic rings. The highest BCUT2D eigenvalue weighted by atomic mass is 16.5. The highest BCUT2D eigenvalue weighted by Gasteiger charge is 2.36. The lowest BCUT2D eigenvalue weighted by Crippen LogP contribution is -2.39. The zero-order valence-corrected chi connectivity index (χ0v) is 18.0. The maximum absolute atomic E-state index is 12.7. The Bertz CT molecular complexity index is 1020. The molecule has 9 nitrogen and oxygen atoms in total. The number of nitrogens with one attached hydrogen (secondary N) is 1. The van der Waals surface area contributed by atoms with Gasteiger partial charge in [-0.15, -0.1) is 0 Å². The standard InChI is InChI=1S/C22H29N5O4/c1-3-31-18-7-5-4-6-17(18)23-19(28)14-27-22(30)25(2)20(24-27)15-10-12-26(13-11-15)21(29)16-8-9-16/h4-7,15-16H,3,8-14H2,1-2H3,(H,23,28). The van der Waals surface area contributed by atoms with Gasteiger partial charge in [-0.1, -0.05) is 12.1 Å². The summed E-state index contributed by atoms with van der Waals surface area (Å²) in [5.74, 6) is 1.51. The van der Waals surface area contributed by atoms with Crippen LogP contribution in [0.1, 0.15) is 44.3 Å². The van der Waals surface area contributed by atoms with Crippen molar-refractivity contribution in [2.24, 2.45) is 13.0 Å². The van der Waals surface area contributed by atoms with Crippen LogP contribution < -0.4 is 15.7 Å². The molecule has 166 valence electrons. The Balaban J connectivity index is 1.40. The molecule has 1 aromatic carbocycles. The van der Waals surface area contributed by atoms with Gasteiger partial charge in [0.15, 0.2) is 0 Å². The third-order valence-electron chi connectivity index (χ3n) is 5.93. The molecule has 1 aromatic heterocycles. The van der Waals surface area contributed by atoms with Gasteiger partial charge in [0.05, 0.1) is 12.3 Å². The summed E-state index contributed by atoms with van der Waals surface area (Å²) in [6.07, 6.45) is 3.57. The number of para-hydroxylation sites is 2. The van der Waals surface area contributed by atoms with Crippen LogP contribution in [-0.4, -0.2) is 50.8 Å². The summed E-state index contributed by atoms with van der Waals surface area (Å²) in [5, 5.41) is 7.26. The largest absolute Gasteiger partial charge is 0.492 e. The molecule has 2 heterocycles. The van der Waals surface area contributed by atoms with Gasteiger partial charge in [-0.25, -0.2) is 9.48 Å². The number of piperidine rings is 1. The zero-order valence-electron chi connectivity index (χ0n) is 18.0. The van der Waals surface area contributed by atoms with Crippen molar-refractivity contribution in [3.8, 4) is 5.75 Å². The first kappa shape index (κ1) is 21.1. The van der Waals surface area contributed by atoms with Crippen molar-refractivity contribution in [3.05, 3.63) is 40.6 Å². The van der Waals surface area contributed by atoms with Crippen LogP contribution in [0.5, 0.6) is 5.75 Å². The van der Waals surface area contributed by atoms with Crippen LogP contribution in [0, 0.1) is 5.92 Å². The van der Waals surface area contributed by atoms with Crippen molar-refractivity contribution in [3.63, 3.8) is 0 Å². The number of nitrogens with zero attached hydrogens (tertiary/aromatic N) is 4. The second-order valence-electron chi connectivity index (χ2n) is 8.21. The Labute approximate surface area is 181 Å². The number of rotatable bonds is 7. The van der Waals surface area contributed by atoms with E-state index in [1.54, 1.807) is 19.2 Å². The van der Waals surface area contributed by atoms with E-state index in [1.165, 1.54) is 9.25 Å². The third-order valence-corrected chi connectivity index (χ3v) is 5.93. The summed E-state index contributed by atoms with van der Waals surface area (Å²) in [4.78, 5) is 39.4. The van der Waals surface area contributed by atoms with Gasteiger partial charge in [-0.3, -0.25) is 14.2 Å². The zero-order chi connectivity index (χ0) is 22.0. The summed E-state index contributed by atoms with van der Waals surface area (Å²) < 4.78 is 8.25. The van der Waals surface area contributed by atoms with Crippen molar-refractivity contribution in [1.29, 1.82) is 0 Å². The Morgan fingerprint density at radius 2 is 1.87 bits per heavy atom. The summed E-state index contributed by atoms with van der Waals surface area (Å²) in [6, 6.07) is 7.18. The first-order valence-electron chi connectivity index (χ1n) is 10.9. The molecule has 2 fully saturated rings. The number of hydrogen-bond acceptors (Lipinski definition) is 5. The summed E-state index contributed by atoms with van der Waals surface area (Å²) in [7, 11) is 1.69. The van der Waals surface area contributed by atoms with Gasteiger partial charge in [0, 0.05) is 32.0 Å². The molecule has 2 amide bonds. The summed E-state index contributed by atoms with van der Waals surface area (Å²) >= 11 is 0. The van der Waals surface area contributed by atoms with E-state index in [1.807, 2.05) is 24.0 Å². The molecule has 0 atom stereocenters. The Kier molecular flexibility index (Phi) is 6.11. The van der Waals surface area contributed by atoms with Gasteiger partial charge in [0.2, 0.25) is 11.8 Å². The number of amides is 2. The quantitative estimate of drug-likeness (QED) is 0.726. The monoisotopic (exact) mass is 427 g/mol. The number of carbonyl (C=O) groups is 2. The lowest BCUT2D eigenvalue weighted by molar-refractivity contribution is -0.133. The highest BCUT2D eigenvalue weighted by molar-refractivity contribution is 5.92. The topological polar surface area (TPSA) is 98.5 Å². The third kappa shape index (κ3) is 4.65. The van der Waals surface area contributed by atoms with Crippen molar-refractivity contribution >= 4 is 17.5 Å². The smallest absolute Gasteiger partial charge is 0.346 e. The molecule has 31 heavy (non-hydrogen) atoms. The Hall–Kier alpha value is -3.10. The molecular formula is C22H29N5O4. The van der Waals surface area contributed by atoms with E-state index in [-0.39, 0.29) is 35.9 Å². The molecule has 0 radical (unpaired) electrons. The van der Waals surface area contributed by atoms with Gasteiger partial charge in [-0.05, 0) is 44.7 Å². The molecule has 9 heteroatoms. The molecule has 1 saturated heterocycles. The minimum Gasteiger partial charge on any atom is -0.492 e. The maximum atomic E-state index is 12.7. The molecule has 2 aromatic rings. The van der Waals surface area contributed by atoms with Crippen LogP contribution in [0.4, 0.5) is 5.69 Å². The average molecular weight is 428 g/mol. The van der Waals surface area contributed by atoms with Crippen LogP contribution >= 0.6 is 0 Å². The molecule has 1 aliphatic heterocycles. The normalized spacial score (nSPS) is 16.9. The predicted molar refractivity (Wildman–Crippen MR) is 115 cm³/mol. The molecule has 0 spiro atoms. The van der Waals surface area contributed by atoms with Gasteiger partial charge in [-0.2, -0.15) is 5.10 Å². The molecule has 1 saturated carbocycles. The molecule has 4 rings (SSSR count). The van der Waals surface area contributed by atoms with E-state index in [4.69, 9.17) is 4.74 Å². The fourth-order valence-corrected chi connectivity index (χ4v) is 4.09. The van der Waals surface area contributed by atoms with Crippen LogP contribution in [0.15, 0.2) is 29.1 Å². The molecular weight excluding hydrogens is 398 g/mol. The van der Waals surface area contributed by atoms with Crippen LogP contribution in [0.25, 0.3) is 0 Å². The second kappa shape index (κ2) is 8.95. The van der Waals surface area contributed by atoms with Crippen molar-refractivity contribution < 1.29 is 14.3 Å². The molecule has 1 aliphatic carbocycles. The number of carbonyl (C=O) groups excluding carboxylic acids is 2. The van der Waals surface area contributed by atoms with Crippen LogP contribution in [0.3, 0.4) is 0 Å². The highest BCUT2D eigenvalue weighted by Crippen LogP contribution is 2.34. The van der Waals surface area contributed by atoms with Crippen molar-refractivity contribution in [2.75, 3.05) is 25.0 Å². The van der Waals surface area contributed by atoms with E-state index in [0.717, 1.165) is 25.7 Å². The van der Waals surface area contributed by atoms with E-state index < -0.39 is 0 Å². The molecule has 1 N–H and O–H groups in total. The first-order chi connectivity index (χ1) is 15.0. The number of benzene rings is 1. The van der Waals surface area contributed by atoms with E-state index in [2.05, 4.69) is 10.4 Å². The van der Waals surface area contributed by atoms with E-state index in [0.29, 0.717) is 37.0 Å². The summed E-state index contributed by atoms with van der Waals surface area (Å²) in [5.41, 5.74) is 0.242. The first-order valence-corrected chi connectivity index (χ1v) is 10.9. The fraction of sp³-hybridized carbons (Fsp3) is 0.545. The maximum Gasteiger partial charge on any atom is 0.346 e. The van der Waals surface area contributed by atoms with Crippen LogP contribution in [0.2, 0.25) is 0 Å². The van der Waals surface area contributed by atoms with Gasteiger partial charge in [0.1, 0.15) is 18.1 Å². The number of hydrogen-bond donors (Lipinski definition) is 1.